The van der Waals surface area contributed by atoms with Gasteiger partial charge in [0.2, 0.25) is 5.75 Å². The number of carbonyl (C=O) groups excluding carboxylic acids is 1. The number of hydrogen-bond acceptors (Lipinski definition) is 7. The maximum atomic E-state index is 11.0. The highest BCUT2D eigenvalue weighted by Gasteiger charge is 2.16. The molecule has 0 atom stereocenters. The molecule has 2 aromatic rings. The van der Waals surface area contributed by atoms with Crippen LogP contribution in [-0.2, 0) is 4.79 Å². The first kappa shape index (κ1) is 22.5. The average Bonchev–Trinajstić information content (AvgIpc) is 2.79. The molecule has 0 saturated heterocycles. The molecule has 1 heterocycles. The van der Waals surface area contributed by atoms with Crippen molar-refractivity contribution in [3.63, 3.8) is 0 Å². The number of benzene rings is 1. The van der Waals surface area contributed by atoms with Crippen LogP contribution >= 0.6 is 0 Å². The van der Waals surface area contributed by atoms with Gasteiger partial charge in [-0.15, -0.1) is 0 Å². The molecule has 0 unspecified atom stereocenters. The maximum absolute atomic E-state index is 11.0. The third kappa shape index (κ3) is 5.18. The zero-order valence-corrected chi connectivity index (χ0v) is 17.3. The number of nitrogens with one attached hydrogen (secondary N) is 1. The van der Waals surface area contributed by atoms with Gasteiger partial charge >= 0.3 is 0 Å². The van der Waals surface area contributed by atoms with Gasteiger partial charge in [0, 0.05) is 11.6 Å². The highest BCUT2D eigenvalue weighted by atomic mass is 16.5. The molecule has 2 N–H and O–H groups in total. The van der Waals surface area contributed by atoms with E-state index in [4.69, 9.17) is 24.2 Å². The topological polar surface area (TPSA) is 99.1 Å². The minimum Gasteiger partial charge on any atom is -0.494 e. The number of allylic oxidation sites excluding steroid dienone is 2. The summed E-state index contributed by atoms with van der Waals surface area (Å²) in [6.07, 6.45) is 5.91. The van der Waals surface area contributed by atoms with Gasteiger partial charge in [0.15, 0.2) is 11.5 Å². The van der Waals surface area contributed by atoms with Crippen LogP contribution in [0.2, 0.25) is 0 Å². The Balaban J connectivity index is 2.42. The molecule has 0 aliphatic heterocycles. The summed E-state index contributed by atoms with van der Waals surface area (Å²) in [7, 11) is 6.17. The fourth-order valence-corrected chi connectivity index (χ4v) is 2.65. The van der Waals surface area contributed by atoms with Gasteiger partial charge in [0.25, 0.3) is 5.91 Å². The summed E-state index contributed by atoms with van der Waals surface area (Å²) in [5.74, 6) is 1.42. The zero-order chi connectivity index (χ0) is 22.1. The summed E-state index contributed by atoms with van der Waals surface area (Å²) in [4.78, 5) is 15.6. The van der Waals surface area contributed by atoms with Gasteiger partial charge in [-0.2, -0.15) is 0 Å². The first-order chi connectivity index (χ1) is 14.5. The van der Waals surface area contributed by atoms with Crippen molar-refractivity contribution in [3.8, 4) is 23.0 Å². The third-order valence-electron chi connectivity index (χ3n) is 4.15. The van der Waals surface area contributed by atoms with Crippen molar-refractivity contribution in [1.29, 1.82) is 0 Å². The fraction of sp³-hybridized carbons (Fsp3) is 0.182. The van der Waals surface area contributed by atoms with Crippen LogP contribution in [0.15, 0.2) is 49.1 Å². The average molecular weight is 412 g/mol. The predicted molar refractivity (Wildman–Crippen MR) is 113 cm³/mol. The Morgan fingerprint density at radius 2 is 1.63 bits per heavy atom. The third-order valence-corrected chi connectivity index (χ3v) is 4.15. The van der Waals surface area contributed by atoms with Crippen molar-refractivity contribution in [3.05, 3.63) is 66.0 Å². The molecular formula is C22H24N2O6. The molecule has 1 aromatic carbocycles. The van der Waals surface area contributed by atoms with E-state index in [2.05, 4.69) is 11.6 Å². The molecular weight excluding hydrogens is 388 g/mol. The molecule has 8 nitrogen and oxygen atoms in total. The number of rotatable bonds is 9. The van der Waals surface area contributed by atoms with Gasteiger partial charge in [-0.3, -0.25) is 10.0 Å². The second kappa shape index (κ2) is 10.7. The number of nitrogens with zero attached hydrogens (tertiary/aromatic N) is 1. The van der Waals surface area contributed by atoms with Crippen LogP contribution in [0, 0.1) is 0 Å². The van der Waals surface area contributed by atoms with E-state index in [1.165, 1.54) is 31.9 Å². The van der Waals surface area contributed by atoms with Crippen LogP contribution in [0.1, 0.15) is 17.0 Å². The molecule has 0 aliphatic rings. The molecule has 2 rings (SSSR count). The lowest BCUT2D eigenvalue weighted by Gasteiger charge is -2.15. The molecule has 0 fully saturated rings. The van der Waals surface area contributed by atoms with Crippen molar-refractivity contribution in [2.24, 2.45) is 0 Å². The Kier molecular flexibility index (Phi) is 8.01. The van der Waals surface area contributed by atoms with Gasteiger partial charge in [-0.1, -0.05) is 18.7 Å². The van der Waals surface area contributed by atoms with E-state index in [1.54, 1.807) is 50.6 Å². The van der Waals surface area contributed by atoms with Crippen molar-refractivity contribution >= 4 is 17.6 Å². The molecule has 0 radical (unpaired) electrons. The summed E-state index contributed by atoms with van der Waals surface area (Å²) < 4.78 is 21.5. The Hall–Kier alpha value is -3.78. The van der Waals surface area contributed by atoms with Crippen LogP contribution in [0.3, 0.4) is 0 Å². The van der Waals surface area contributed by atoms with Crippen LogP contribution in [0.5, 0.6) is 23.0 Å². The largest absolute Gasteiger partial charge is 0.494 e. The number of ether oxygens (including phenoxy) is 4. The first-order valence-electron chi connectivity index (χ1n) is 8.82. The van der Waals surface area contributed by atoms with Crippen molar-refractivity contribution in [2.75, 3.05) is 28.4 Å². The molecule has 0 bridgehead atoms. The van der Waals surface area contributed by atoms with Gasteiger partial charge in [0.1, 0.15) is 11.4 Å². The van der Waals surface area contributed by atoms with Crippen molar-refractivity contribution in [2.45, 2.75) is 0 Å². The minimum atomic E-state index is -0.635. The maximum Gasteiger partial charge on any atom is 0.267 e. The molecule has 1 aromatic heterocycles. The molecule has 158 valence electrons. The van der Waals surface area contributed by atoms with E-state index in [0.717, 1.165) is 5.56 Å². The van der Waals surface area contributed by atoms with Crippen LogP contribution in [0.25, 0.3) is 11.6 Å². The second-order valence-electron chi connectivity index (χ2n) is 5.87. The number of hydroxylamine groups is 1. The summed E-state index contributed by atoms with van der Waals surface area (Å²) in [6.45, 7) is 4.15. The van der Waals surface area contributed by atoms with Crippen LogP contribution in [-0.4, -0.2) is 44.5 Å². The smallest absolute Gasteiger partial charge is 0.267 e. The summed E-state index contributed by atoms with van der Waals surface area (Å²) in [5.41, 5.74) is 4.05. The lowest BCUT2D eigenvalue weighted by molar-refractivity contribution is -0.124. The summed E-state index contributed by atoms with van der Waals surface area (Å²) in [5, 5.41) is 8.50. The Morgan fingerprint density at radius 3 is 2.17 bits per heavy atom. The zero-order valence-electron chi connectivity index (χ0n) is 17.3. The minimum absolute atomic E-state index is 0.488. The molecule has 0 spiro atoms. The van der Waals surface area contributed by atoms with E-state index in [1.807, 2.05) is 0 Å². The van der Waals surface area contributed by atoms with E-state index < -0.39 is 5.91 Å². The van der Waals surface area contributed by atoms with Gasteiger partial charge in [-0.25, -0.2) is 10.5 Å². The Morgan fingerprint density at radius 1 is 1.00 bits per heavy atom. The predicted octanol–water partition coefficient (Wildman–Crippen LogP) is 3.25. The summed E-state index contributed by atoms with van der Waals surface area (Å²) >= 11 is 0. The quantitative estimate of drug-likeness (QED) is 0.282. The van der Waals surface area contributed by atoms with Gasteiger partial charge in [-0.05, 0) is 35.9 Å². The Bertz CT molecular complexity index is 957. The van der Waals surface area contributed by atoms with Gasteiger partial charge < -0.3 is 18.9 Å². The number of amides is 1. The summed E-state index contributed by atoms with van der Waals surface area (Å²) in [6, 6.07) is 7.15. The SMILES string of the molecule is C=C(c1cc(OC)c(OC)c(OC)c1)c1ccc(OC)c(/C=C/C=C/C(=O)NO)n1. The lowest BCUT2D eigenvalue weighted by atomic mass is 10.0. The van der Waals surface area contributed by atoms with Crippen molar-refractivity contribution < 1.29 is 28.9 Å². The fourth-order valence-electron chi connectivity index (χ4n) is 2.65. The van der Waals surface area contributed by atoms with Gasteiger partial charge in [0.05, 0.1) is 34.1 Å². The van der Waals surface area contributed by atoms with E-state index >= 15 is 0 Å². The molecule has 1 amide bonds. The molecule has 8 heteroatoms. The van der Waals surface area contributed by atoms with E-state index in [0.29, 0.717) is 40.0 Å². The molecule has 0 saturated carbocycles. The highest BCUT2D eigenvalue weighted by Crippen LogP contribution is 2.40. The first-order valence-corrected chi connectivity index (χ1v) is 8.82. The van der Waals surface area contributed by atoms with E-state index in [-0.39, 0.29) is 0 Å². The molecule has 30 heavy (non-hydrogen) atoms. The monoisotopic (exact) mass is 412 g/mol. The highest BCUT2D eigenvalue weighted by molar-refractivity contribution is 5.86. The number of hydrogen-bond donors (Lipinski definition) is 2. The van der Waals surface area contributed by atoms with Crippen LogP contribution in [0.4, 0.5) is 0 Å². The second-order valence-corrected chi connectivity index (χ2v) is 5.87. The Labute approximate surface area is 175 Å². The normalized spacial score (nSPS) is 10.8. The number of carbonyl (C=O) groups is 1. The number of aromatic nitrogens is 1. The lowest BCUT2D eigenvalue weighted by Crippen LogP contribution is -2.14. The molecule has 0 aliphatic carbocycles. The van der Waals surface area contributed by atoms with Crippen LogP contribution < -0.4 is 24.4 Å². The standard InChI is InChI=1S/C22H24N2O6/c1-14(15-12-19(28-3)22(30-5)20(13-15)29-4)16-10-11-18(27-2)17(23-16)8-6-7-9-21(25)24-26/h6-13,26H,1H2,2-5H3,(H,24,25)/b8-6+,9-7+. The van der Waals surface area contributed by atoms with Crippen molar-refractivity contribution in [1.82, 2.24) is 10.5 Å². The number of pyridine rings is 1. The van der Waals surface area contributed by atoms with E-state index in [9.17, 15) is 4.79 Å². The number of methoxy groups -OCH3 is 4.